The molecule has 4 aliphatic rings. The molecule has 0 radical (unpaired) electrons. The second-order valence-electron chi connectivity index (χ2n) is 9.58. The van der Waals surface area contributed by atoms with Gasteiger partial charge in [-0.15, -0.1) is 0 Å². The van der Waals surface area contributed by atoms with Crippen molar-refractivity contribution in [2.75, 3.05) is 14.1 Å². The monoisotopic (exact) mass is 330 g/mol. The van der Waals surface area contributed by atoms with Crippen molar-refractivity contribution in [2.45, 2.75) is 71.3 Å². The topological polar surface area (TPSA) is 35.8 Å². The Morgan fingerprint density at radius 3 is 2.58 bits per heavy atom. The minimum absolute atomic E-state index is 0.0571. The molecule has 0 aliphatic heterocycles. The van der Waals surface area contributed by atoms with E-state index in [1.54, 1.807) is 5.57 Å². The molecule has 0 aromatic rings. The quantitative estimate of drug-likeness (QED) is 0.730. The SMILES string of the molecule is CN(C)N=C1C=C2CCC3C(CCC4(C)C(O)CCC34)C2(C)CC1. The summed E-state index contributed by atoms with van der Waals surface area (Å²) in [4.78, 5) is 0. The zero-order chi connectivity index (χ0) is 17.1. The summed E-state index contributed by atoms with van der Waals surface area (Å²) in [5, 5.41) is 17.2. The van der Waals surface area contributed by atoms with E-state index in [4.69, 9.17) is 0 Å². The van der Waals surface area contributed by atoms with Gasteiger partial charge in [0.15, 0.2) is 0 Å². The van der Waals surface area contributed by atoms with Crippen LogP contribution in [0.5, 0.6) is 0 Å². The molecule has 6 atom stereocenters. The number of nitrogens with zero attached hydrogens (tertiary/aromatic N) is 2. The fraction of sp³-hybridized carbons (Fsp3) is 0.857. The molecule has 0 aromatic carbocycles. The van der Waals surface area contributed by atoms with Crippen molar-refractivity contribution in [3.63, 3.8) is 0 Å². The molecule has 0 aromatic heterocycles. The number of hydrogen-bond donors (Lipinski definition) is 1. The van der Waals surface area contributed by atoms with Crippen LogP contribution in [-0.2, 0) is 0 Å². The summed E-state index contributed by atoms with van der Waals surface area (Å²) in [7, 11) is 4.03. The number of hydrazone groups is 1. The van der Waals surface area contributed by atoms with E-state index in [1.165, 1.54) is 44.2 Å². The zero-order valence-corrected chi connectivity index (χ0v) is 15.9. The van der Waals surface area contributed by atoms with Crippen molar-refractivity contribution in [1.82, 2.24) is 5.01 Å². The summed E-state index contributed by atoms with van der Waals surface area (Å²) in [6.07, 6.45) is 12.1. The molecule has 0 bridgehead atoms. The number of aliphatic hydroxyl groups excluding tert-OH is 1. The van der Waals surface area contributed by atoms with Crippen molar-refractivity contribution in [3.05, 3.63) is 11.6 Å². The average Bonchev–Trinajstić information content (AvgIpc) is 2.83. The van der Waals surface area contributed by atoms with Crippen LogP contribution in [0.25, 0.3) is 0 Å². The molecule has 134 valence electrons. The number of rotatable bonds is 1. The number of allylic oxidation sites excluding steroid dienone is 2. The van der Waals surface area contributed by atoms with E-state index >= 15 is 0 Å². The lowest BCUT2D eigenvalue weighted by molar-refractivity contribution is -0.0721. The van der Waals surface area contributed by atoms with Crippen LogP contribution in [0, 0.1) is 28.6 Å². The van der Waals surface area contributed by atoms with Gasteiger partial charge in [-0.3, -0.25) is 0 Å². The first-order chi connectivity index (χ1) is 11.3. The van der Waals surface area contributed by atoms with E-state index in [-0.39, 0.29) is 11.5 Å². The Morgan fingerprint density at radius 2 is 1.83 bits per heavy atom. The van der Waals surface area contributed by atoms with Gasteiger partial charge in [-0.25, -0.2) is 0 Å². The third-order valence-corrected chi connectivity index (χ3v) is 8.26. The Labute approximate surface area is 147 Å². The van der Waals surface area contributed by atoms with Crippen LogP contribution in [-0.4, -0.2) is 36.0 Å². The molecule has 24 heavy (non-hydrogen) atoms. The number of hydrogen-bond acceptors (Lipinski definition) is 3. The van der Waals surface area contributed by atoms with Gasteiger partial charge in [0.05, 0.1) is 11.8 Å². The summed E-state index contributed by atoms with van der Waals surface area (Å²) in [5.41, 5.74) is 3.51. The Balaban J connectivity index is 1.63. The highest BCUT2D eigenvalue weighted by atomic mass is 16.3. The van der Waals surface area contributed by atoms with Gasteiger partial charge < -0.3 is 10.1 Å². The highest BCUT2D eigenvalue weighted by molar-refractivity contribution is 5.96. The van der Waals surface area contributed by atoms with Gasteiger partial charge in [-0.05, 0) is 86.0 Å². The van der Waals surface area contributed by atoms with Gasteiger partial charge in [0.25, 0.3) is 0 Å². The fourth-order valence-electron chi connectivity index (χ4n) is 6.88. The number of fused-ring (bicyclic) bond motifs is 5. The first-order valence-corrected chi connectivity index (χ1v) is 9.98. The first kappa shape index (κ1) is 16.6. The van der Waals surface area contributed by atoms with Crippen molar-refractivity contribution in [2.24, 2.45) is 33.7 Å². The predicted octanol–water partition coefficient (Wildman–Crippen LogP) is 4.23. The van der Waals surface area contributed by atoms with Crippen LogP contribution in [0.4, 0.5) is 0 Å². The van der Waals surface area contributed by atoms with Crippen molar-refractivity contribution < 1.29 is 5.11 Å². The van der Waals surface area contributed by atoms with Crippen molar-refractivity contribution in [3.8, 4) is 0 Å². The summed E-state index contributed by atoms with van der Waals surface area (Å²) in [5.74, 6) is 2.40. The van der Waals surface area contributed by atoms with E-state index < -0.39 is 0 Å². The minimum Gasteiger partial charge on any atom is -0.393 e. The molecular weight excluding hydrogens is 296 g/mol. The van der Waals surface area contributed by atoms with E-state index in [0.29, 0.717) is 5.41 Å². The summed E-state index contributed by atoms with van der Waals surface area (Å²) in [6.45, 7) is 4.91. The van der Waals surface area contributed by atoms with Gasteiger partial charge in [0.1, 0.15) is 0 Å². The highest BCUT2D eigenvalue weighted by Crippen LogP contribution is 2.65. The van der Waals surface area contributed by atoms with E-state index in [9.17, 15) is 5.11 Å². The zero-order valence-electron chi connectivity index (χ0n) is 15.9. The summed E-state index contributed by atoms with van der Waals surface area (Å²) in [6, 6.07) is 0. The third kappa shape index (κ3) is 2.30. The highest BCUT2D eigenvalue weighted by Gasteiger charge is 2.58. The smallest absolute Gasteiger partial charge is 0.0605 e. The lowest BCUT2D eigenvalue weighted by Gasteiger charge is -2.57. The molecule has 0 saturated heterocycles. The van der Waals surface area contributed by atoms with Gasteiger partial charge in [0, 0.05) is 14.1 Å². The van der Waals surface area contributed by atoms with Gasteiger partial charge in [-0.2, -0.15) is 5.10 Å². The first-order valence-electron chi connectivity index (χ1n) is 9.98. The molecule has 4 rings (SSSR count). The van der Waals surface area contributed by atoms with E-state index in [1.807, 2.05) is 19.1 Å². The Morgan fingerprint density at radius 1 is 1.04 bits per heavy atom. The van der Waals surface area contributed by atoms with Crippen LogP contribution in [0.15, 0.2) is 16.8 Å². The van der Waals surface area contributed by atoms with Crippen molar-refractivity contribution in [1.29, 1.82) is 0 Å². The van der Waals surface area contributed by atoms with Crippen LogP contribution >= 0.6 is 0 Å². The normalized spacial score (nSPS) is 49.2. The molecule has 6 unspecified atom stereocenters. The molecular formula is C21H34N2O. The third-order valence-electron chi connectivity index (χ3n) is 8.26. The average molecular weight is 331 g/mol. The Hall–Kier alpha value is -0.830. The molecule has 1 N–H and O–H groups in total. The second kappa shape index (κ2) is 5.59. The van der Waals surface area contributed by atoms with Gasteiger partial charge >= 0.3 is 0 Å². The summed E-state index contributed by atoms with van der Waals surface area (Å²) < 4.78 is 0. The van der Waals surface area contributed by atoms with Crippen molar-refractivity contribution >= 4 is 5.71 Å². The number of aliphatic hydroxyl groups is 1. The van der Waals surface area contributed by atoms with Crippen LogP contribution in [0.1, 0.15) is 65.2 Å². The fourth-order valence-corrected chi connectivity index (χ4v) is 6.88. The largest absolute Gasteiger partial charge is 0.393 e. The second-order valence-corrected chi connectivity index (χ2v) is 9.58. The van der Waals surface area contributed by atoms with E-state index in [2.05, 4.69) is 25.0 Å². The molecule has 0 spiro atoms. The maximum absolute atomic E-state index is 10.6. The van der Waals surface area contributed by atoms with Crippen LogP contribution < -0.4 is 0 Å². The lowest BCUT2D eigenvalue weighted by Crippen LogP contribution is -2.51. The standard InChI is InChI=1S/C21H34N2O/c1-20-11-9-15(22-23(3)4)13-14(20)5-6-16-17-7-8-19(24)21(17,2)12-10-18(16)20/h13,16-19,24H,5-12H2,1-4H3. The van der Waals surface area contributed by atoms with Crippen LogP contribution in [0.2, 0.25) is 0 Å². The molecule has 0 amide bonds. The Kier molecular flexibility index (Phi) is 3.87. The van der Waals surface area contributed by atoms with Gasteiger partial charge in [-0.1, -0.05) is 19.4 Å². The molecule has 3 saturated carbocycles. The summed E-state index contributed by atoms with van der Waals surface area (Å²) >= 11 is 0. The molecule has 4 aliphatic carbocycles. The molecule has 3 fully saturated rings. The Bertz CT molecular complexity index is 580. The molecule has 3 heteroatoms. The van der Waals surface area contributed by atoms with E-state index in [0.717, 1.165) is 30.6 Å². The van der Waals surface area contributed by atoms with Crippen LogP contribution in [0.3, 0.4) is 0 Å². The molecule has 0 heterocycles. The maximum atomic E-state index is 10.6. The lowest BCUT2D eigenvalue weighted by atomic mass is 9.47. The molecule has 3 nitrogen and oxygen atoms in total. The minimum atomic E-state index is -0.0571. The van der Waals surface area contributed by atoms with Gasteiger partial charge in [0.2, 0.25) is 0 Å². The predicted molar refractivity (Wildman–Crippen MR) is 98.8 cm³/mol. The maximum Gasteiger partial charge on any atom is 0.0605 e.